The van der Waals surface area contributed by atoms with Crippen LogP contribution in [0.2, 0.25) is 0 Å². The van der Waals surface area contributed by atoms with Gasteiger partial charge in [0, 0.05) is 37.7 Å². The number of alkyl halides is 3. The Kier molecular flexibility index (Phi) is 9.12. The molecule has 1 amide bonds. The number of sulfone groups is 1. The number of hydrogen-bond acceptors (Lipinski definition) is 5. The first kappa shape index (κ1) is 33.4. The summed E-state index contributed by atoms with van der Waals surface area (Å²) >= 11 is 0. The highest BCUT2D eigenvalue weighted by Gasteiger charge is 2.59. The average molecular weight is 677 g/mol. The van der Waals surface area contributed by atoms with Gasteiger partial charge < -0.3 is 10.1 Å². The fraction of sp³-hybridized carbons (Fsp3) is 0.457. The molecule has 0 unspecified atom stereocenters. The van der Waals surface area contributed by atoms with Gasteiger partial charge in [0.1, 0.15) is 28.7 Å². The highest BCUT2D eigenvalue weighted by atomic mass is 32.2. The maximum atomic E-state index is 14.6. The molecule has 1 N–H and O–H groups in total. The van der Waals surface area contributed by atoms with E-state index < -0.39 is 50.1 Å². The molecule has 2 aliphatic carbocycles. The quantitative estimate of drug-likeness (QED) is 0.207. The normalized spacial score (nSPS) is 24.8. The summed E-state index contributed by atoms with van der Waals surface area (Å²) in [6, 6.07) is 12.3. The minimum absolute atomic E-state index is 0.0222. The molecule has 0 aromatic heterocycles. The summed E-state index contributed by atoms with van der Waals surface area (Å²) in [6.07, 6.45) is 0.153. The van der Waals surface area contributed by atoms with Gasteiger partial charge in [-0.15, -0.1) is 0 Å². The zero-order valence-corrected chi connectivity index (χ0v) is 26.8. The SMILES string of the molecule is CC(=O)NC1CCC(CN2CC[C@@]3(S(=O)(=O)c4ccc(F)cc4)c4ccc(OCc5c(F)cccc5C(F)(F)F)cc4CC[C@@H]23)CC1. The van der Waals surface area contributed by atoms with Crippen molar-refractivity contribution in [2.24, 2.45) is 5.92 Å². The van der Waals surface area contributed by atoms with E-state index in [-0.39, 0.29) is 28.6 Å². The van der Waals surface area contributed by atoms with E-state index in [0.717, 1.165) is 62.6 Å². The van der Waals surface area contributed by atoms with Gasteiger partial charge in [-0.1, -0.05) is 12.1 Å². The molecule has 3 aromatic rings. The maximum absolute atomic E-state index is 14.6. The topological polar surface area (TPSA) is 75.7 Å². The molecule has 6 nitrogen and oxygen atoms in total. The number of rotatable bonds is 8. The Morgan fingerprint density at radius 3 is 2.40 bits per heavy atom. The van der Waals surface area contributed by atoms with Crippen LogP contribution in [0.15, 0.2) is 65.6 Å². The van der Waals surface area contributed by atoms with E-state index in [9.17, 15) is 35.2 Å². The Hall–Kier alpha value is -3.51. The standard InChI is InChI=1S/C35H37F5N2O4S/c1-22(43)41-26-10-5-23(6-11-26)20-42-18-17-34(47(44,45)28-13-8-25(36)9-14-28)30-15-12-27(19-24(30)7-16-33(34)42)46-21-29-31(35(38,39)40)3-2-4-32(29)37/h2-4,8-9,12-15,19,23,26,33H,5-7,10-11,16-18,20-21H2,1H3,(H,41,43)/t23?,26?,33-,34-/m1/s1. The second-order valence-electron chi connectivity index (χ2n) is 12.9. The third kappa shape index (κ3) is 6.38. The van der Waals surface area contributed by atoms with Crippen LogP contribution in [0.5, 0.6) is 5.75 Å². The summed E-state index contributed by atoms with van der Waals surface area (Å²) < 4.78 is 103. The Labute approximate surface area is 271 Å². The maximum Gasteiger partial charge on any atom is 0.416 e. The van der Waals surface area contributed by atoms with Gasteiger partial charge in [-0.3, -0.25) is 9.69 Å². The predicted molar refractivity (Wildman–Crippen MR) is 165 cm³/mol. The second-order valence-corrected chi connectivity index (χ2v) is 15.1. The van der Waals surface area contributed by atoms with Gasteiger partial charge in [0.05, 0.1) is 10.5 Å². The summed E-state index contributed by atoms with van der Waals surface area (Å²) in [5, 5.41) is 3.00. The molecule has 252 valence electrons. The van der Waals surface area contributed by atoms with Gasteiger partial charge in [-0.05, 0) is 111 Å². The Morgan fingerprint density at radius 1 is 1.00 bits per heavy atom. The molecule has 3 aliphatic rings. The zero-order chi connectivity index (χ0) is 33.6. The van der Waals surface area contributed by atoms with Crippen molar-refractivity contribution in [1.29, 1.82) is 0 Å². The summed E-state index contributed by atoms with van der Waals surface area (Å²) in [4.78, 5) is 13.8. The van der Waals surface area contributed by atoms with Crippen molar-refractivity contribution in [3.63, 3.8) is 0 Å². The molecule has 0 radical (unpaired) electrons. The van der Waals surface area contributed by atoms with Crippen LogP contribution in [-0.2, 0) is 38.6 Å². The molecule has 1 saturated heterocycles. The number of amides is 1. The number of aryl methyl sites for hydroxylation is 1. The van der Waals surface area contributed by atoms with E-state index in [1.807, 2.05) is 0 Å². The molecule has 6 rings (SSSR count). The number of nitrogens with zero attached hydrogens (tertiary/aromatic N) is 1. The first-order valence-electron chi connectivity index (χ1n) is 15.9. The number of halogens is 5. The van der Waals surface area contributed by atoms with Crippen LogP contribution in [-0.4, -0.2) is 44.4 Å². The van der Waals surface area contributed by atoms with Crippen LogP contribution >= 0.6 is 0 Å². The van der Waals surface area contributed by atoms with Crippen molar-refractivity contribution >= 4 is 15.7 Å². The molecule has 2 atom stereocenters. The molecule has 3 aromatic carbocycles. The molecule has 2 fully saturated rings. The average Bonchev–Trinajstić information content (AvgIpc) is 3.41. The molecule has 0 spiro atoms. The molecule has 1 aliphatic heterocycles. The third-order valence-corrected chi connectivity index (χ3v) is 12.7. The number of carbonyl (C=O) groups is 1. The lowest BCUT2D eigenvalue weighted by Gasteiger charge is -2.44. The minimum Gasteiger partial charge on any atom is -0.489 e. The highest BCUT2D eigenvalue weighted by Crippen LogP contribution is 2.53. The van der Waals surface area contributed by atoms with Gasteiger partial charge in [-0.2, -0.15) is 13.2 Å². The largest absolute Gasteiger partial charge is 0.489 e. The molecular formula is C35H37F5N2O4S. The number of ether oxygens (including phenoxy) is 1. The highest BCUT2D eigenvalue weighted by molar-refractivity contribution is 7.92. The Morgan fingerprint density at radius 2 is 1.72 bits per heavy atom. The van der Waals surface area contributed by atoms with Crippen LogP contribution in [0.25, 0.3) is 0 Å². The summed E-state index contributed by atoms with van der Waals surface area (Å²) in [6.45, 7) is 2.13. The smallest absolute Gasteiger partial charge is 0.416 e. The molecule has 1 saturated carbocycles. The number of nitrogens with one attached hydrogen (secondary N) is 1. The molecule has 12 heteroatoms. The number of benzene rings is 3. The lowest BCUT2D eigenvalue weighted by molar-refractivity contribution is -0.138. The van der Waals surface area contributed by atoms with E-state index in [2.05, 4.69) is 10.2 Å². The second kappa shape index (κ2) is 12.8. The predicted octanol–water partition coefficient (Wildman–Crippen LogP) is 6.95. The van der Waals surface area contributed by atoms with Gasteiger partial charge in [0.2, 0.25) is 5.91 Å². The van der Waals surface area contributed by atoms with Gasteiger partial charge >= 0.3 is 6.18 Å². The first-order valence-corrected chi connectivity index (χ1v) is 17.4. The number of likely N-dealkylation sites (tertiary alicyclic amines) is 1. The summed E-state index contributed by atoms with van der Waals surface area (Å²) in [5.74, 6) is -1.06. The Bertz CT molecular complexity index is 1740. The lowest BCUT2D eigenvalue weighted by atomic mass is 9.78. The van der Waals surface area contributed by atoms with Crippen molar-refractivity contribution < 1.29 is 39.9 Å². The van der Waals surface area contributed by atoms with Crippen molar-refractivity contribution in [3.8, 4) is 5.75 Å². The van der Waals surface area contributed by atoms with E-state index in [1.165, 1.54) is 25.1 Å². The van der Waals surface area contributed by atoms with Crippen LogP contribution < -0.4 is 10.1 Å². The summed E-state index contributed by atoms with van der Waals surface area (Å²) in [7, 11) is -4.05. The van der Waals surface area contributed by atoms with E-state index >= 15 is 0 Å². The number of hydrogen-bond donors (Lipinski definition) is 1. The monoisotopic (exact) mass is 676 g/mol. The van der Waals surface area contributed by atoms with Crippen molar-refractivity contribution in [1.82, 2.24) is 10.2 Å². The summed E-state index contributed by atoms with van der Waals surface area (Å²) in [5.41, 5.74) is -0.418. The lowest BCUT2D eigenvalue weighted by Crippen LogP contribution is -2.51. The third-order valence-electron chi connectivity index (χ3n) is 10.1. The molecular weight excluding hydrogens is 639 g/mol. The fourth-order valence-corrected chi connectivity index (χ4v) is 10.4. The first-order chi connectivity index (χ1) is 22.3. The fourth-order valence-electron chi connectivity index (χ4n) is 7.96. The van der Waals surface area contributed by atoms with Crippen LogP contribution in [0.3, 0.4) is 0 Å². The van der Waals surface area contributed by atoms with Gasteiger partial charge in [-0.25, -0.2) is 17.2 Å². The van der Waals surface area contributed by atoms with Gasteiger partial charge in [0.15, 0.2) is 9.84 Å². The van der Waals surface area contributed by atoms with E-state index in [1.54, 1.807) is 12.1 Å². The zero-order valence-electron chi connectivity index (χ0n) is 26.0. The molecule has 0 bridgehead atoms. The van der Waals surface area contributed by atoms with Gasteiger partial charge in [0.25, 0.3) is 0 Å². The van der Waals surface area contributed by atoms with Crippen molar-refractivity contribution in [2.75, 3.05) is 13.1 Å². The van der Waals surface area contributed by atoms with Crippen LogP contribution in [0, 0.1) is 17.6 Å². The Balaban J connectivity index is 1.30. The van der Waals surface area contributed by atoms with E-state index in [0.29, 0.717) is 42.9 Å². The molecule has 1 heterocycles. The minimum atomic E-state index is -4.76. The van der Waals surface area contributed by atoms with Crippen LogP contribution in [0.4, 0.5) is 22.0 Å². The van der Waals surface area contributed by atoms with Crippen LogP contribution in [0.1, 0.15) is 67.7 Å². The number of carbonyl (C=O) groups excluding carboxylic acids is 1. The molecule has 47 heavy (non-hydrogen) atoms. The van der Waals surface area contributed by atoms with Crippen molar-refractivity contribution in [3.05, 3.63) is 94.6 Å². The van der Waals surface area contributed by atoms with E-state index in [4.69, 9.17) is 4.74 Å². The number of fused-ring (bicyclic) bond motifs is 3. The van der Waals surface area contributed by atoms with Crippen molar-refractivity contribution in [2.45, 2.75) is 86.4 Å².